The van der Waals surface area contributed by atoms with Crippen LogP contribution < -0.4 is 0 Å². The van der Waals surface area contributed by atoms with Gasteiger partial charge in [-0.05, 0) is 83.9 Å². The summed E-state index contributed by atoms with van der Waals surface area (Å²) in [5, 5.41) is 8.94. The lowest BCUT2D eigenvalue weighted by Crippen LogP contribution is -2.11. The molecule has 8 heterocycles. The van der Waals surface area contributed by atoms with Gasteiger partial charge in [0.1, 0.15) is 5.82 Å². The maximum absolute atomic E-state index is 6.33. The van der Waals surface area contributed by atoms with Crippen LogP contribution >= 0.6 is 0 Å². The van der Waals surface area contributed by atoms with Gasteiger partial charge in [-0.25, -0.2) is 19.9 Å². The van der Waals surface area contributed by atoms with Crippen LogP contribution in [0, 0.1) is 0 Å². The summed E-state index contributed by atoms with van der Waals surface area (Å²) < 4.78 is 9.53. The molecule has 11 aromatic carbocycles. The molecule has 0 saturated carbocycles. The number of para-hydroxylation sites is 6. The van der Waals surface area contributed by atoms with Gasteiger partial charge in [0.15, 0.2) is 17.5 Å². The fourth-order valence-corrected chi connectivity index (χ4v) is 14.6. The van der Waals surface area contributed by atoms with Crippen molar-refractivity contribution in [2.24, 2.45) is 0 Å². The Labute approximate surface area is 538 Å². The Kier molecular flexibility index (Phi) is 12.0. The Morgan fingerprint density at radius 1 is 0.223 bits per heavy atom. The van der Waals surface area contributed by atoms with Gasteiger partial charge in [-0.15, -0.1) is 0 Å². The Bertz CT molecular complexity index is 5950. The molecule has 94 heavy (non-hydrogen) atoms. The zero-order valence-corrected chi connectivity index (χ0v) is 50.5. The van der Waals surface area contributed by atoms with Crippen molar-refractivity contribution in [2.75, 3.05) is 0 Å². The topological polar surface area (TPSA) is 97.1 Å². The molecule has 8 aromatic heterocycles. The number of hydrogen-bond donors (Lipinski definition) is 0. The lowest BCUT2D eigenvalue weighted by molar-refractivity contribution is 1.06. The number of aromatic nitrogens is 10. The molecule has 0 radical (unpaired) electrons. The first-order valence-electron chi connectivity index (χ1n) is 31.6. The van der Waals surface area contributed by atoms with Gasteiger partial charge in [0.2, 0.25) is 0 Å². The van der Waals surface area contributed by atoms with Crippen LogP contribution in [0.5, 0.6) is 0 Å². The average molecular weight is 1200 g/mol. The molecule has 0 amide bonds. The highest BCUT2D eigenvalue weighted by Gasteiger charge is 2.32. The number of pyridine rings is 3. The third-order valence-electron chi connectivity index (χ3n) is 18.6. The molecule has 0 spiro atoms. The maximum Gasteiger partial charge on any atom is 0.164 e. The number of benzene rings is 11. The van der Waals surface area contributed by atoms with E-state index in [1.165, 1.54) is 21.5 Å². The number of nitrogens with zero attached hydrogens (tertiary/aromatic N) is 10. The zero-order valence-electron chi connectivity index (χ0n) is 50.5. The molecule has 19 rings (SSSR count). The van der Waals surface area contributed by atoms with Crippen molar-refractivity contribution in [1.82, 2.24) is 48.2 Å². The van der Waals surface area contributed by atoms with E-state index in [4.69, 9.17) is 29.9 Å². The van der Waals surface area contributed by atoms with Crippen molar-refractivity contribution in [3.05, 3.63) is 316 Å². The van der Waals surface area contributed by atoms with Crippen molar-refractivity contribution in [3.8, 4) is 90.6 Å². The molecule has 0 saturated heterocycles. The molecule has 0 N–H and O–H groups in total. The molecule has 10 nitrogen and oxygen atoms in total. The van der Waals surface area contributed by atoms with Crippen molar-refractivity contribution in [3.63, 3.8) is 0 Å². The van der Waals surface area contributed by atoms with E-state index < -0.39 is 0 Å². The second-order valence-electron chi connectivity index (χ2n) is 23.8. The molecule has 0 bridgehead atoms. The first-order chi connectivity index (χ1) is 46.7. The van der Waals surface area contributed by atoms with Crippen molar-refractivity contribution < 1.29 is 0 Å². The molecule has 0 fully saturated rings. The summed E-state index contributed by atoms with van der Waals surface area (Å²) in [5.74, 6) is 2.37. The molecular weight excluding hydrogens is 1150 g/mol. The Morgan fingerprint density at radius 2 is 0.574 bits per heavy atom. The van der Waals surface area contributed by atoms with Crippen LogP contribution in [0.1, 0.15) is 0 Å². The van der Waals surface area contributed by atoms with Gasteiger partial charge in [-0.2, -0.15) is 0 Å². The van der Waals surface area contributed by atoms with Gasteiger partial charge >= 0.3 is 0 Å². The van der Waals surface area contributed by atoms with Gasteiger partial charge in [0, 0.05) is 113 Å². The second-order valence-corrected chi connectivity index (χ2v) is 23.8. The second kappa shape index (κ2) is 21.4. The van der Waals surface area contributed by atoms with Crippen LogP contribution in [0.2, 0.25) is 0 Å². The number of fused-ring (bicyclic) bond motifs is 12. The van der Waals surface area contributed by atoms with E-state index in [9.17, 15) is 0 Å². The average Bonchev–Trinajstić information content (AvgIpc) is 1.35. The van der Waals surface area contributed by atoms with E-state index in [-0.39, 0.29) is 0 Å². The fourth-order valence-electron chi connectivity index (χ4n) is 14.6. The monoisotopic (exact) mass is 1200 g/mol. The van der Waals surface area contributed by atoms with Crippen LogP contribution in [0.15, 0.2) is 316 Å². The summed E-state index contributed by atoms with van der Waals surface area (Å²) in [7, 11) is 0. The summed E-state index contributed by atoms with van der Waals surface area (Å²) in [6.45, 7) is 0. The largest absolute Gasteiger partial charge is 0.309 e. The van der Waals surface area contributed by atoms with Crippen molar-refractivity contribution in [2.45, 2.75) is 0 Å². The molecule has 10 heteroatoms. The summed E-state index contributed by atoms with van der Waals surface area (Å²) in [6.07, 6.45) is 7.76. The van der Waals surface area contributed by atoms with E-state index in [0.29, 0.717) is 17.5 Å². The number of hydrogen-bond acceptors (Lipinski definition) is 6. The number of rotatable bonds is 10. The molecule has 0 atom stereocenters. The lowest BCUT2D eigenvalue weighted by Gasteiger charge is -2.26. The van der Waals surface area contributed by atoms with E-state index in [2.05, 4.69) is 273 Å². The summed E-state index contributed by atoms with van der Waals surface area (Å²) in [4.78, 5) is 32.1. The predicted octanol–water partition coefficient (Wildman–Crippen LogP) is 20.4. The van der Waals surface area contributed by atoms with Crippen LogP contribution in [0.4, 0.5) is 0 Å². The zero-order chi connectivity index (χ0) is 61.8. The van der Waals surface area contributed by atoms with E-state index in [1.807, 2.05) is 61.2 Å². The lowest BCUT2D eigenvalue weighted by atomic mass is 9.88. The fraction of sp³-hybridized carbons (Fsp3) is 0. The van der Waals surface area contributed by atoms with Crippen LogP contribution in [0.3, 0.4) is 0 Å². The molecule has 0 aliphatic carbocycles. The van der Waals surface area contributed by atoms with Gasteiger partial charge in [0.05, 0.1) is 55.5 Å². The van der Waals surface area contributed by atoms with E-state index in [1.54, 1.807) is 0 Å². The highest BCUT2D eigenvalue weighted by atomic mass is 15.1. The summed E-state index contributed by atoms with van der Waals surface area (Å²) in [6, 6.07) is 103. The van der Waals surface area contributed by atoms with Gasteiger partial charge < -0.3 is 13.7 Å². The Balaban J connectivity index is 0.990. The highest BCUT2D eigenvalue weighted by molar-refractivity contribution is 6.15. The van der Waals surface area contributed by atoms with Gasteiger partial charge in [0.25, 0.3) is 0 Å². The SMILES string of the molecule is c1ccc(-c2nc(-c3ccccc3)nc(-c3ccccc3-c3c(-c4ccc(-n5c6ccccc6c6ccccc65)cc4)c(-n4c5ccccc5c5cnccc54)nc(-c4ccc(-n5c6ccccc6c6ccccc65)cc4)c3-n3c4ccccc4c4cnccc43)n2)cc1. The molecule has 0 aliphatic heterocycles. The molecule has 19 aromatic rings. The van der Waals surface area contributed by atoms with Gasteiger partial charge in [-0.1, -0.05) is 218 Å². The van der Waals surface area contributed by atoms with Crippen LogP contribution in [0.25, 0.3) is 178 Å². The minimum absolute atomic E-state index is 0.520. The molecular formula is C84H52N10. The third kappa shape index (κ3) is 8.23. The summed E-state index contributed by atoms with van der Waals surface area (Å²) in [5.41, 5.74) is 19.2. The van der Waals surface area contributed by atoms with Crippen LogP contribution in [-0.4, -0.2) is 48.2 Å². The minimum atomic E-state index is 0.520. The van der Waals surface area contributed by atoms with E-state index in [0.717, 1.165) is 139 Å². The van der Waals surface area contributed by atoms with Crippen molar-refractivity contribution >= 4 is 87.2 Å². The minimum Gasteiger partial charge on any atom is -0.309 e. The normalized spacial score (nSPS) is 11.8. The predicted molar refractivity (Wildman–Crippen MR) is 383 cm³/mol. The smallest absolute Gasteiger partial charge is 0.164 e. The highest BCUT2D eigenvalue weighted by Crippen LogP contribution is 2.51. The molecule has 0 unspecified atom stereocenters. The van der Waals surface area contributed by atoms with Gasteiger partial charge in [-0.3, -0.25) is 14.5 Å². The van der Waals surface area contributed by atoms with Crippen LogP contribution in [-0.2, 0) is 0 Å². The summed E-state index contributed by atoms with van der Waals surface area (Å²) >= 11 is 0. The standard InChI is InChI=1S/C84H52N10/c1-3-21-55(22-4-1)81-88-82(56-23-5-2-6-24-56)90-83(89-81)66-32-8-7-31-65(66)78-77(53-39-43-57(44-40-53)91-69-33-15-9-25-59(69)60-26-10-16-34-70(60)91)84(94-74-38-20-14-30-64(74)68-52-86-50-48-76(68)94)87-79(80(78)93-73-37-19-13-29-63(73)67-51-85-49-47-75(67)93)54-41-45-58(46-42-54)92-71-35-17-11-27-61(71)62-28-12-18-36-72(62)92/h1-52H. The maximum atomic E-state index is 6.33. The quantitative estimate of drug-likeness (QED) is 0.135. The first-order valence-corrected chi connectivity index (χ1v) is 31.6. The molecule has 438 valence electrons. The Hall–Kier alpha value is -12.9. The van der Waals surface area contributed by atoms with Crippen molar-refractivity contribution in [1.29, 1.82) is 0 Å². The first kappa shape index (κ1) is 53.0. The van der Waals surface area contributed by atoms with E-state index >= 15 is 0 Å². The third-order valence-corrected chi connectivity index (χ3v) is 18.6. The Morgan fingerprint density at radius 3 is 1.04 bits per heavy atom. The molecule has 0 aliphatic rings.